The third-order valence-electron chi connectivity index (χ3n) is 5.23. The molecule has 168 valence electrons. The molecular formula is C25H27FN2O4. The molecule has 1 atom stereocenters. The number of carbonyl (C=O) groups excluding carboxylic acids is 2. The minimum atomic E-state index is -0.797. The van der Waals surface area contributed by atoms with Crippen LogP contribution < -0.4 is 4.74 Å². The molecule has 1 fully saturated rings. The molecule has 0 radical (unpaired) electrons. The molecule has 0 unspecified atom stereocenters. The Hall–Kier alpha value is -3.45. The Balaban J connectivity index is 2.02. The monoisotopic (exact) mass is 438 g/mol. The Bertz CT molecular complexity index is 1010. The van der Waals surface area contributed by atoms with E-state index in [2.05, 4.69) is 6.58 Å². The van der Waals surface area contributed by atoms with Gasteiger partial charge in [0.05, 0.1) is 11.6 Å². The maximum absolute atomic E-state index is 13.5. The number of halogens is 1. The van der Waals surface area contributed by atoms with Gasteiger partial charge in [-0.3, -0.25) is 9.59 Å². The topological polar surface area (TPSA) is 70.1 Å². The Morgan fingerprint density at radius 1 is 1.16 bits per heavy atom. The van der Waals surface area contributed by atoms with Gasteiger partial charge >= 0.3 is 0 Å². The number of likely N-dealkylation sites (tertiary alicyclic amines) is 1. The van der Waals surface area contributed by atoms with Gasteiger partial charge in [-0.05, 0) is 69.0 Å². The third kappa shape index (κ3) is 5.06. The van der Waals surface area contributed by atoms with E-state index in [9.17, 15) is 19.1 Å². The van der Waals surface area contributed by atoms with Gasteiger partial charge in [0.2, 0.25) is 0 Å². The summed E-state index contributed by atoms with van der Waals surface area (Å²) >= 11 is 0. The largest absolute Gasteiger partial charge is 0.507 e. The summed E-state index contributed by atoms with van der Waals surface area (Å²) in [6.07, 6.45) is 2.27. The molecule has 2 aromatic carbocycles. The van der Waals surface area contributed by atoms with Crippen molar-refractivity contribution in [2.45, 2.75) is 12.5 Å². The molecule has 0 spiro atoms. The van der Waals surface area contributed by atoms with Crippen molar-refractivity contribution >= 4 is 17.4 Å². The number of Topliss-reactive ketones (excluding diaryl/α,β-unsaturated/α-hetero) is 1. The lowest BCUT2D eigenvalue weighted by molar-refractivity contribution is -0.139. The molecule has 1 aliphatic rings. The molecule has 0 saturated carbocycles. The second-order valence-corrected chi connectivity index (χ2v) is 7.82. The van der Waals surface area contributed by atoms with Crippen LogP contribution >= 0.6 is 0 Å². The van der Waals surface area contributed by atoms with Crippen molar-refractivity contribution in [3.63, 3.8) is 0 Å². The average molecular weight is 438 g/mol. The van der Waals surface area contributed by atoms with E-state index in [0.29, 0.717) is 36.4 Å². The highest BCUT2D eigenvalue weighted by Crippen LogP contribution is 2.39. The maximum Gasteiger partial charge on any atom is 0.295 e. The van der Waals surface area contributed by atoms with E-state index < -0.39 is 23.5 Å². The highest BCUT2D eigenvalue weighted by Gasteiger charge is 2.45. The number of aliphatic hydroxyl groups excluding tert-OH is 1. The van der Waals surface area contributed by atoms with Crippen molar-refractivity contribution in [2.24, 2.45) is 0 Å². The first-order valence-corrected chi connectivity index (χ1v) is 10.4. The fourth-order valence-electron chi connectivity index (χ4n) is 3.68. The van der Waals surface area contributed by atoms with Crippen molar-refractivity contribution in [1.82, 2.24) is 9.80 Å². The fraction of sp³-hybridized carbons (Fsp3) is 0.280. The SMILES string of the molecule is C=CCOc1ccc(/C(O)=C2\C(=O)C(=O)N(CCCN(C)C)[C@H]2c2ccc(F)cc2)cc1. The molecule has 0 aromatic heterocycles. The standard InChI is InChI=1S/C25H27FN2O4/c1-4-16-32-20-12-8-18(9-13-20)23(29)21-22(17-6-10-19(26)11-7-17)28(25(31)24(21)30)15-5-14-27(2)3/h4,6-13,22,29H,1,5,14-16H2,2-3H3/b23-21+/t22-/m0/s1. The van der Waals surface area contributed by atoms with Gasteiger partial charge in [0.25, 0.3) is 11.7 Å². The van der Waals surface area contributed by atoms with E-state index in [-0.39, 0.29) is 11.3 Å². The highest BCUT2D eigenvalue weighted by atomic mass is 19.1. The van der Waals surface area contributed by atoms with Crippen LogP contribution in [0.4, 0.5) is 4.39 Å². The number of carbonyl (C=O) groups is 2. The minimum Gasteiger partial charge on any atom is -0.507 e. The van der Waals surface area contributed by atoms with Crippen LogP contribution in [0.15, 0.2) is 66.8 Å². The number of aliphatic hydroxyl groups is 1. The molecular weight excluding hydrogens is 411 g/mol. The molecule has 6 nitrogen and oxygen atoms in total. The summed E-state index contributed by atoms with van der Waals surface area (Å²) in [5.41, 5.74) is 0.934. The summed E-state index contributed by atoms with van der Waals surface area (Å²) in [6.45, 7) is 5.00. The van der Waals surface area contributed by atoms with Crippen LogP contribution in [0.25, 0.3) is 5.76 Å². The lowest BCUT2D eigenvalue weighted by Gasteiger charge is -2.26. The van der Waals surface area contributed by atoms with Crippen molar-refractivity contribution in [2.75, 3.05) is 33.8 Å². The Kier molecular flexibility index (Phi) is 7.43. The summed E-state index contributed by atoms with van der Waals surface area (Å²) in [6, 6.07) is 11.4. The van der Waals surface area contributed by atoms with Gasteiger partial charge in [-0.2, -0.15) is 0 Å². The molecule has 2 aromatic rings. The smallest absolute Gasteiger partial charge is 0.295 e. The van der Waals surface area contributed by atoms with Crippen LogP contribution in [-0.4, -0.2) is 60.4 Å². The normalized spacial score (nSPS) is 17.8. The van der Waals surface area contributed by atoms with Crippen LogP contribution in [0.3, 0.4) is 0 Å². The van der Waals surface area contributed by atoms with E-state index in [1.807, 2.05) is 19.0 Å². The summed E-state index contributed by atoms with van der Waals surface area (Å²) in [5.74, 6) is -1.55. The van der Waals surface area contributed by atoms with E-state index in [1.165, 1.54) is 29.2 Å². The second kappa shape index (κ2) is 10.2. The Labute approximate surface area is 187 Å². The highest BCUT2D eigenvalue weighted by molar-refractivity contribution is 6.46. The van der Waals surface area contributed by atoms with Crippen molar-refractivity contribution < 1.29 is 23.8 Å². The molecule has 1 saturated heterocycles. The Morgan fingerprint density at radius 2 is 1.81 bits per heavy atom. The molecule has 1 aliphatic heterocycles. The molecule has 3 rings (SSSR count). The van der Waals surface area contributed by atoms with Gasteiger partial charge < -0.3 is 19.6 Å². The maximum atomic E-state index is 13.5. The number of hydrogen-bond acceptors (Lipinski definition) is 5. The number of amides is 1. The zero-order valence-electron chi connectivity index (χ0n) is 18.3. The zero-order chi connectivity index (χ0) is 23.3. The fourth-order valence-corrected chi connectivity index (χ4v) is 3.68. The number of hydrogen-bond donors (Lipinski definition) is 1. The predicted molar refractivity (Wildman–Crippen MR) is 121 cm³/mol. The first-order chi connectivity index (χ1) is 15.3. The molecule has 7 heteroatoms. The van der Waals surface area contributed by atoms with Gasteiger partial charge in [0.15, 0.2) is 0 Å². The molecule has 1 amide bonds. The van der Waals surface area contributed by atoms with Gasteiger partial charge in [0, 0.05) is 12.1 Å². The zero-order valence-corrected chi connectivity index (χ0v) is 18.3. The molecule has 1 heterocycles. The summed E-state index contributed by atoms with van der Waals surface area (Å²) in [7, 11) is 3.85. The van der Waals surface area contributed by atoms with Crippen molar-refractivity contribution in [1.29, 1.82) is 0 Å². The van der Waals surface area contributed by atoms with Gasteiger partial charge in [-0.25, -0.2) is 4.39 Å². The number of benzene rings is 2. The lowest BCUT2D eigenvalue weighted by atomic mass is 9.95. The predicted octanol–water partition coefficient (Wildman–Crippen LogP) is 3.76. The summed E-state index contributed by atoms with van der Waals surface area (Å²) in [4.78, 5) is 29.3. The lowest BCUT2D eigenvalue weighted by Crippen LogP contribution is -2.32. The van der Waals surface area contributed by atoms with Crippen LogP contribution in [0.2, 0.25) is 0 Å². The van der Waals surface area contributed by atoms with Crippen molar-refractivity contribution in [3.05, 3.63) is 83.7 Å². The van der Waals surface area contributed by atoms with E-state index in [4.69, 9.17) is 4.74 Å². The van der Waals surface area contributed by atoms with Gasteiger partial charge in [-0.1, -0.05) is 24.8 Å². The number of nitrogens with zero attached hydrogens (tertiary/aromatic N) is 2. The van der Waals surface area contributed by atoms with Gasteiger partial charge in [0.1, 0.15) is 23.9 Å². The summed E-state index contributed by atoms with van der Waals surface area (Å²) < 4.78 is 19.0. The molecule has 1 N–H and O–H groups in total. The van der Waals surface area contributed by atoms with Crippen LogP contribution in [0.5, 0.6) is 5.75 Å². The molecule has 32 heavy (non-hydrogen) atoms. The molecule has 0 aliphatic carbocycles. The van der Waals surface area contributed by atoms with Gasteiger partial charge in [-0.15, -0.1) is 0 Å². The number of ketones is 1. The van der Waals surface area contributed by atoms with E-state index in [1.54, 1.807) is 30.3 Å². The third-order valence-corrected chi connectivity index (χ3v) is 5.23. The summed E-state index contributed by atoms with van der Waals surface area (Å²) in [5, 5.41) is 11.0. The first-order valence-electron chi connectivity index (χ1n) is 10.4. The van der Waals surface area contributed by atoms with Crippen molar-refractivity contribution in [3.8, 4) is 5.75 Å². The van der Waals surface area contributed by atoms with Crippen LogP contribution in [-0.2, 0) is 9.59 Å². The average Bonchev–Trinajstić information content (AvgIpc) is 3.03. The van der Waals surface area contributed by atoms with E-state index >= 15 is 0 Å². The molecule has 0 bridgehead atoms. The van der Waals surface area contributed by atoms with Crippen LogP contribution in [0.1, 0.15) is 23.6 Å². The second-order valence-electron chi connectivity index (χ2n) is 7.82. The quantitative estimate of drug-likeness (QED) is 0.279. The minimum absolute atomic E-state index is 0.00813. The first kappa shape index (κ1) is 23.2. The Morgan fingerprint density at radius 3 is 2.41 bits per heavy atom. The number of ether oxygens (including phenoxy) is 1. The van der Waals surface area contributed by atoms with E-state index in [0.717, 1.165) is 6.54 Å². The van der Waals surface area contributed by atoms with Crippen LogP contribution in [0, 0.1) is 5.82 Å². The number of rotatable bonds is 9.